The summed E-state index contributed by atoms with van der Waals surface area (Å²) in [5.41, 5.74) is 5.96. The lowest BCUT2D eigenvalue weighted by atomic mass is 9.96. The first-order valence-corrected chi connectivity index (χ1v) is 7.39. The second kappa shape index (κ2) is 4.87. The zero-order chi connectivity index (χ0) is 11.7. The molecule has 0 bridgehead atoms. The maximum Gasteiger partial charge on any atom is 0.188 e. The summed E-state index contributed by atoms with van der Waals surface area (Å²) in [4.78, 5) is 4.52. The van der Waals surface area contributed by atoms with Crippen LogP contribution in [0.1, 0.15) is 51.4 Å². The first-order valence-electron chi connectivity index (χ1n) is 7.39. The van der Waals surface area contributed by atoms with Crippen molar-refractivity contribution in [2.75, 3.05) is 6.54 Å². The molecule has 3 nitrogen and oxygen atoms in total. The molecule has 0 saturated heterocycles. The predicted octanol–water partition coefficient (Wildman–Crippen LogP) is 2.27. The minimum Gasteiger partial charge on any atom is -0.370 e. The molecular weight excluding hydrogens is 210 g/mol. The Morgan fingerprint density at radius 2 is 1.88 bits per heavy atom. The fraction of sp³-hybridized carbons (Fsp3) is 0.929. The van der Waals surface area contributed by atoms with Crippen LogP contribution in [0, 0.1) is 17.8 Å². The molecule has 96 valence electrons. The number of rotatable bonds is 4. The molecule has 3 N–H and O–H groups in total. The molecule has 0 amide bonds. The number of aliphatic imine (C=N–C) groups is 1. The van der Waals surface area contributed by atoms with Crippen LogP contribution in [-0.2, 0) is 0 Å². The molecule has 0 aromatic carbocycles. The molecule has 0 aliphatic heterocycles. The van der Waals surface area contributed by atoms with Crippen molar-refractivity contribution < 1.29 is 0 Å². The summed E-state index contributed by atoms with van der Waals surface area (Å²) in [6.07, 6.45) is 11.0. The highest BCUT2D eigenvalue weighted by Gasteiger charge is 2.46. The SMILES string of the molecule is NC(=NC[C@@H]1C[C@H]1C1CC1)NC1CCCCC1. The summed E-state index contributed by atoms with van der Waals surface area (Å²) in [6, 6.07) is 0.589. The molecule has 17 heavy (non-hydrogen) atoms. The van der Waals surface area contributed by atoms with Crippen molar-refractivity contribution in [3.8, 4) is 0 Å². The monoisotopic (exact) mass is 235 g/mol. The Morgan fingerprint density at radius 1 is 1.12 bits per heavy atom. The highest BCUT2D eigenvalue weighted by Crippen LogP contribution is 2.54. The molecule has 3 aliphatic rings. The minimum atomic E-state index is 0.589. The van der Waals surface area contributed by atoms with E-state index in [-0.39, 0.29) is 0 Å². The van der Waals surface area contributed by atoms with Crippen molar-refractivity contribution in [3.05, 3.63) is 0 Å². The quantitative estimate of drug-likeness (QED) is 0.580. The molecule has 3 saturated carbocycles. The van der Waals surface area contributed by atoms with Crippen LogP contribution in [0.5, 0.6) is 0 Å². The van der Waals surface area contributed by atoms with Gasteiger partial charge in [-0.2, -0.15) is 0 Å². The minimum absolute atomic E-state index is 0.589. The van der Waals surface area contributed by atoms with Gasteiger partial charge in [0.2, 0.25) is 0 Å². The maximum absolute atomic E-state index is 5.96. The van der Waals surface area contributed by atoms with Crippen molar-refractivity contribution in [3.63, 3.8) is 0 Å². The van der Waals surface area contributed by atoms with Crippen molar-refractivity contribution >= 4 is 5.96 Å². The van der Waals surface area contributed by atoms with Crippen LogP contribution < -0.4 is 11.1 Å². The largest absolute Gasteiger partial charge is 0.370 e. The highest BCUT2D eigenvalue weighted by atomic mass is 15.1. The third-order valence-corrected chi connectivity index (χ3v) is 4.66. The molecule has 0 spiro atoms. The lowest BCUT2D eigenvalue weighted by Crippen LogP contribution is -2.41. The second-order valence-electron chi connectivity index (χ2n) is 6.20. The van der Waals surface area contributed by atoms with E-state index < -0.39 is 0 Å². The second-order valence-corrected chi connectivity index (χ2v) is 6.20. The zero-order valence-corrected chi connectivity index (χ0v) is 10.7. The molecule has 0 heterocycles. The fourth-order valence-electron chi connectivity index (χ4n) is 3.30. The summed E-state index contributed by atoms with van der Waals surface area (Å²) < 4.78 is 0. The molecule has 0 aromatic rings. The lowest BCUT2D eigenvalue weighted by Gasteiger charge is -2.23. The van der Waals surface area contributed by atoms with Crippen LogP contribution in [0.15, 0.2) is 4.99 Å². The Labute approximate surface area is 104 Å². The van der Waals surface area contributed by atoms with Gasteiger partial charge in [-0.15, -0.1) is 0 Å². The van der Waals surface area contributed by atoms with Crippen molar-refractivity contribution in [2.24, 2.45) is 28.5 Å². The van der Waals surface area contributed by atoms with E-state index in [2.05, 4.69) is 10.3 Å². The molecule has 3 rings (SSSR count). The number of nitrogens with one attached hydrogen (secondary N) is 1. The van der Waals surface area contributed by atoms with E-state index in [0.29, 0.717) is 12.0 Å². The van der Waals surface area contributed by atoms with Gasteiger partial charge in [0.25, 0.3) is 0 Å². The van der Waals surface area contributed by atoms with Gasteiger partial charge in [-0.25, -0.2) is 0 Å². The number of hydrogen-bond acceptors (Lipinski definition) is 1. The Morgan fingerprint density at radius 3 is 2.59 bits per heavy atom. The topological polar surface area (TPSA) is 50.4 Å². The van der Waals surface area contributed by atoms with Crippen molar-refractivity contribution in [1.29, 1.82) is 0 Å². The average Bonchev–Trinajstić information content (AvgIpc) is 3.20. The summed E-state index contributed by atoms with van der Waals surface area (Å²) >= 11 is 0. The molecule has 3 fully saturated rings. The van der Waals surface area contributed by atoms with E-state index in [9.17, 15) is 0 Å². The normalized spacial score (nSPS) is 34.7. The average molecular weight is 235 g/mol. The van der Waals surface area contributed by atoms with Gasteiger partial charge in [-0.3, -0.25) is 4.99 Å². The van der Waals surface area contributed by atoms with Crippen LogP contribution in [-0.4, -0.2) is 18.5 Å². The smallest absolute Gasteiger partial charge is 0.188 e. The molecule has 0 radical (unpaired) electrons. The van der Waals surface area contributed by atoms with Gasteiger partial charge in [0.05, 0.1) is 0 Å². The number of guanidine groups is 1. The number of nitrogens with zero attached hydrogens (tertiary/aromatic N) is 1. The van der Waals surface area contributed by atoms with E-state index in [0.717, 1.165) is 24.3 Å². The zero-order valence-electron chi connectivity index (χ0n) is 10.7. The van der Waals surface area contributed by atoms with Crippen LogP contribution in [0.4, 0.5) is 0 Å². The Hall–Kier alpha value is -0.730. The van der Waals surface area contributed by atoms with Crippen LogP contribution in [0.2, 0.25) is 0 Å². The highest BCUT2D eigenvalue weighted by molar-refractivity contribution is 5.78. The van der Waals surface area contributed by atoms with E-state index in [4.69, 9.17) is 5.73 Å². The standard InChI is InChI=1S/C14H25N3/c15-14(17-12-4-2-1-3-5-12)16-9-11-8-13(11)10-6-7-10/h10-13H,1-9H2,(H3,15,16,17)/t11-,13-/m0/s1. The van der Waals surface area contributed by atoms with Gasteiger partial charge in [-0.05, 0) is 49.9 Å². The summed E-state index contributed by atoms with van der Waals surface area (Å²) in [6.45, 7) is 0.965. The number of hydrogen-bond donors (Lipinski definition) is 2. The molecule has 3 aliphatic carbocycles. The predicted molar refractivity (Wildman–Crippen MR) is 70.8 cm³/mol. The van der Waals surface area contributed by atoms with E-state index in [1.54, 1.807) is 0 Å². The third-order valence-electron chi connectivity index (χ3n) is 4.66. The summed E-state index contributed by atoms with van der Waals surface area (Å²) in [5, 5.41) is 3.39. The van der Waals surface area contributed by atoms with Crippen molar-refractivity contribution in [2.45, 2.75) is 57.4 Å². The van der Waals surface area contributed by atoms with E-state index in [1.165, 1.54) is 51.4 Å². The van der Waals surface area contributed by atoms with Crippen LogP contribution in [0.25, 0.3) is 0 Å². The molecule has 0 aromatic heterocycles. The molecule has 2 atom stereocenters. The summed E-state index contributed by atoms with van der Waals surface area (Å²) in [7, 11) is 0. The van der Waals surface area contributed by atoms with Gasteiger partial charge in [0, 0.05) is 12.6 Å². The van der Waals surface area contributed by atoms with Gasteiger partial charge in [0.1, 0.15) is 0 Å². The first kappa shape index (κ1) is 11.4. The molecule has 0 unspecified atom stereocenters. The Balaban J connectivity index is 1.37. The summed E-state index contributed by atoms with van der Waals surface area (Å²) in [5.74, 6) is 3.61. The van der Waals surface area contributed by atoms with E-state index >= 15 is 0 Å². The Kier molecular flexibility index (Phi) is 3.26. The van der Waals surface area contributed by atoms with Gasteiger partial charge < -0.3 is 11.1 Å². The lowest BCUT2D eigenvalue weighted by molar-refractivity contribution is 0.412. The van der Waals surface area contributed by atoms with Gasteiger partial charge in [0.15, 0.2) is 5.96 Å². The maximum atomic E-state index is 5.96. The van der Waals surface area contributed by atoms with Crippen LogP contribution in [0.3, 0.4) is 0 Å². The van der Waals surface area contributed by atoms with E-state index in [1.807, 2.05) is 0 Å². The van der Waals surface area contributed by atoms with Gasteiger partial charge >= 0.3 is 0 Å². The Bertz CT molecular complexity index is 290. The van der Waals surface area contributed by atoms with Crippen LogP contribution >= 0.6 is 0 Å². The van der Waals surface area contributed by atoms with Crippen molar-refractivity contribution in [1.82, 2.24) is 5.32 Å². The fourth-order valence-corrected chi connectivity index (χ4v) is 3.30. The molecular formula is C14H25N3. The molecule has 3 heteroatoms. The third kappa shape index (κ3) is 3.14. The first-order chi connectivity index (χ1) is 8.33. The number of nitrogens with two attached hydrogens (primary N) is 1. The van der Waals surface area contributed by atoms with Gasteiger partial charge in [-0.1, -0.05) is 19.3 Å².